The lowest BCUT2D eigenvalue weighted by atomic mass is 9.94. The van der Waals surface area contributed by atoms with Gasteiger partial charge in [-0.1, -0.05) is 13.8 Å². The van der Waals surface area contributed by atoms with Crippen molar-refractivity contribution < 1.29 is 14.7 Å². The number of nitrogens with two attached hydrogens (primary N) is 1. The number of carbonyl (C=O) groups is 2. The van der Waals surface area contributed by atoms with E-state index in [1.54, 1.807) is 12.1 Å². The first-order chi connectivity index (χ1) is 9.90. The molecule has 0 radical (unpaired) electrons. The molecule has 1 amide bonds. The van der Waals surface area contributed by atoms with Crippen LogP contribution < -0.4 is 11.1 Å². The number of hydrogen-bond donors (Lipinski definition) is 3. The van der Waals surface area contributed by atoms with E-state index in [1.807, 2.05) is 0 Å². The average Bonchev–Trinajstić information content (AvgIpc) is 2.39. The van der Waals surface area contributed by atoms with Gasteiger partial charge in [-0.05, 0) is 36.9 Å². The number of anilines is 1. The van der Waals surface area contributed by atoms with Crippen molar-refractivity contribution in [2.75, 3.05) is 11.9 Å². The van der Waals surface area contributed by atoms with Gasteiger partial charge in [0.1, 0.15) is 0 Å². The first kappa shape index (κ1) is 17.1. The maximum absolute atomic E-state index is 11.9. The SMILES string of the molecule is CC(C)C[C@H](CN)CC(=O)Nc1ccc(CC(=O)O)nc1. The molecule has 4 N–H and O–H groups in total. The highest BCUT2D eigenvalue weighted by Crippen LogP contribution is 2.15. The van der Waals surface area contributed by atoms with Gasteiger partial charge in [0.05, 0.1) is 24.0 Å². The summed E-state index contributed by atoms with van der Waals surface area (Å²) in [7, 11) is 0. The fourth-order valence-electron chi connectivity index (χ4n) is 2.16. The van der Waals surface area contributed by atoms with E-state index in [4.69, 9.17) is 10.8 Å². The van der Waals surface area contributed by atoms with E-state index in [9.17, 15) is 9.59 Å². The summed E-state index contributed by atoms with van der Waals surface area (Å²) in [5, 5.41) is 11.4. The van der Waals surface area contributed by atoms with Crippen molar-refractivity contribution in [3.05, 3.63) is 24.0 Å². The first-order valence-corrected chi connectivity index (χ1v) is 7.07. The Morgan fingerprint density at radius 3 is 2.57 bits per heavy atom. The zero-order chi connectivity index (χ0) is 15.8. The molecule has 0 spiro atoms. The van der Waals surface area contributed by atoms with Gasteiger partial charge in [0.2, 0.25) is 5.91 Å². The summed E-state index contributed by atoms with van der Waals surface area (Å²) in [6, 6.07) is 3.25. The molecule has 6 nitrogen and oxygen atoms in total. The highest BCUT2D eigenvalue weighted by Gasteiger charge is 2.14. The normalized spacial score (nSPS) is 12.2. The summed E-state index contributed by atoms with van der Waals surface area (Å²) in [4.78, 5) is 26.5. The number of nitrogens with one attached hydrogen (secondary N) is 1. The molecule has 0 aliphatic rings. The quantitative estimate of drug-likeness (QED) is 0.676. The van der Waals surface area contributed by atoms with Gasteiger partial charge in [0, 0.05) is 6.42 Å². The van der Waals surface area contributed by atoms with Crippen molar-refractivity contribution in [3.8, 4) is 0 Å². The average molecular weight is 293 g/mol. The van der Waals surface area contributed by atoms with Crippen molar-refractivity contribution in [1.29, 1.82) is 0 Å². The fourth-order valence-corrected chi connectivity index (χ4v) is 2.16. The number of amides is 1. The second-order valence-electron chi connectivity index (χ2n) is 5.59. The molecule has 1 rings (SSSR count). The lowest BCUT2D eigenvalue weighted by Crippen LogP contribution is -2.23. The standard InChI is InChI=1S/C15H23N3O3/c1-10(2)5-11(8-16)6-14(19)18-13-4-3-12(17-9-13)7-15(20)21/h3-4,9-11H,5-8,16H2,1-2H3,(H,18,19)(H,20,21)/t11-/m0/s1. The van der Waals surface area contributed by atoms with Gasteiger partial charge in [-0.15, -0.1) is 0 Å². The van der Waals surface area contributed by atoms with Crippen LogP contribution in [0.1, 0.15) is 32.4 Å². The fraction of sp³-hybridized carbons (Fsp3) is 0.533. The third-order valence-electron chi connectivity index (χ3n) is 3.05. The molecule has 116 valence electrons. The molecule has 6 heteroatoms. The number of aliphatic carboxylic acids is 1. The number of carboxylic acids is 1. The van der Waals surface area contributed by atoms with E-state index in [0.717, 1.165) is 6.42 Å². The van der Waals surface area contributed by atoms with E-state index in [0.29, 0.717) is 30.3 Å². The molecule has 0 bridgehead atoms. The van der Waals surface area contributed by atoms with Crippen LogP contribution in [0, 0.1) is 11.8 Å². The Balaban J connectivity index is 2.52. The Bertz CT molecular complexity index is 472. The van der Waals surface area contributed by atoms with Crippen LogP contribution in [-0.2, 0) is 16.0 Å². The lowest BCUT2D eigenvalue weighted by Gasteiger charge is -2.16. The van der Waals surface area contributed by atoms with Crippen molar-refractivity contribution in [2.45, 2.75) is 33.1 Å². The van der Waals surface area contributed by atoms with Crippen molar-refractivity contribution >= 4 is 17.6 Å². The first-order valence-electron chi connectivity index (χ1n) is 7.07. The van der Waals surface area contributed by atoms with Gasteiger partial charge in [0.15, 0.2) is 0 Å². The number of carbonyl (C=O) groups excluding carboxylic acids is 1. The molecule has 21 heavy (non-hydrogen) atoms. The summed E-state index contributed by atoms with van der Waals surface area (Å²) in [6.07, 6.45) is 2.64. The van der Waals surface area contributed by atoms with Crippen molar-refractivity contribution in [1.82, 2.24) is 4.98 Å². The zero-order valence-electron chi connectivity index (χ0n) is 12.5. The molecule has 0 aliphatic heterocycles. The highest BCUT2D eigenvalue weighted by molar-refractivity contribution is 5.90. The second kappa shape index (κ2) is 8.36. The maximum Gasteiger partial charge on any atom is 0.309 e. The molecular weight excluding hydrogens is 270 g/mol. The van der Waals surface area contributed by atoms with Crippen LogP contribution in [-0.4, -0.2) is 28.5 Å². The number of aromatic nitrogens is 1. The Hall–Kier alpha value is -1.95. The van der Waals surface area contributed by atoms with Crippen LogP contribution in [0.2, 0.25) is 0 Å². The molecule has 0 aliphatic carbocycles. The summed E-state index contributed by atoms with van der Waals surface area (Å²) < 4.78 is 0. The number of rotatable bonds is 8. The van der Waals surface area contributed by atoms with Gasteiger partial charge in [-0.2, -0.15) is 0 Å². The summed E-state index contributed by atoms with van der Waals surface area (Å²) >= 11 is 0. The van der Waals surface area contributed by atoms with E-state index >= 15 is 0 Å². The van der Waals surface area contributed by atoms with Gasteiger partial charge in [0.25, 0.3) is 0 Å². The van der Waals surface area contributed by atoms with Gasteiger partial charge < -0.3 is 16.2 Å². The zero-order valence-corrected chi connectivity index (χ0v) is 12.5. The second-order valence-corrected chi connectivity index (χ2v) is 5.59. The van der Waals surface area contributed by atoms with E-state index < -0.39 is 5.97 Å². The third kappa shape index (κ3) is 6.85. The van der Waals surface area contributed by atoms with Crippen LogP contribution in [0.4, 0.5) is 5.69 Å². The van der Waals surface area contributed by atoms with Crippen LogP contribution in [0.3, 0.4) is 0 Å². The molecule has 0 fully saturated rings. The summed E-state index contributed by atoms with van der Waals surface area (Å²) in [6.45, 7) is 4.69. The Morgan fingerprint density at radius 2 is 2.10 bits per heavy atom. The molecule has 0 saturated heterocycles. The predicted octanol–water partition coefficient (Wildman–Crippen LogP) is 1.66. The molecule has 1 aromatic heterocycles. The minimum atomic E-state index is -0.932. The van der Waals surface area contributed by atoms with Crippen LogP contribution in [0.15, 0.2) is 18.3 Å². The third-order valence-corrected chi connectivity index (χ3v) is 3.05. The minimum Gasteiger partial charge on any atom is -0.481 e. The number of pyridine rings is 1. The molecule has 0 saturated carbocycles. The molecular formula is C15H23N3O3. The Morgan fingerprint density at radius 1 is 1.38 bits per heavy atom. The Kier molecular flexibility index (Phi) is 6.81. The molecule has 0 aromatic carbocycles. The van der Waals surface area contributed by atoms with Crippen LogP contribution in [0.5, 0.6) is 0 Å². The molecule has 1 atom stereocenters. The van der Waals surface area contributed by atoms with E-state index in [1.165, 1.54) is 6.20 Å². The summed E-state index contributed by atoms with van der Waals surface area (Å²) in [5.41, 5.74) is 6.70. The van der Waals surface area contributed by atoms with Gasteiger partial charge >= 0.3 is 5.97 Å². The van der Waals surface area contributed by atoms with E-state index in [-0.39, 0.29) is 18.2 Å². The lowest BCUT2D eigenvalue weighted by molar-refractivity contribution is -0.136. The Labute approximate surface area is 124 Å². The predicted molar refractivity (Wildman–Crippen MR) is 80.8 cm³/mol. The molecule has 0 unspecified atom stereocenters. The monoisotopic (exact) mass is 293 g/mol. The molecule has 1 aromatic rings. The number of carboxylic acid groups (broad SMARTS) is 1. The summed E-state index contributed by atoms with van der Waals surface area (Å²) in [5.74, 6) is -0.356. The van der Waals surface area contributed by atoms with Crippen molar-refractivity contribution in [3.63, 3.8) is 0 Å². The van der Waals surface area contributed by atoms with Crippen LogP contribution in [0.25, 0.3) is 0 Å². The number of nitrogens with zero attached hydrogens (tertiary/aromatic N) is 1. The smallest absolute Gasteiger partial charge is 0.309 e. The minimum absolute atomic E-state index is 0.0983. The topological polar surface area (TPSA) is 105 Å². The van der Waals surface area contributed by atoms with Gasteiger partial charge in [-0.25, -0.2) is 0 Å². The maximum atomic E-state index is 11.9. The highest BCUT2D eigenvalue weighted by atomic mass is 16.4. The van der Waals surface area contributed by atoms with E-state index in [2.05, 4.69) is 24.1 Å². The number of hydrogen-bond acceptors (Lipinski definition) is 4. The van der Waals surface area contributed by atoms with Crippen LogP contribution >= 0.6 is 0 Å². The van der Waals surface area contributed by atoms with Crippen molar-refractivity contribution in [2.24, 2.45) is 17.6 Å². The largest absolute Gasteiger partial charge is 0.481 e. The molecule has 1 heterocycles. The van der Waals surface area contributed by atoms with Gasteiger partial charge in [-0.3, -0.25) is 14.6 Å².